The van der Waals surface area contributed by atoms with Crippen LogP contribution in [0.4, 0.5) is 0 Å². The maximum absolute atomic E-state index is 12.3. The first kappa shape index (κ1) is 13.7. The lowest BCUT2D eigenvalue weighted by Crippen LogP contribution is -2.38. The van der Waals surface area contributed by atoms with Crippen LogP contribution in [0, 0.1) is 5.41 Å². The summed E-state index contributed by atoms with van der Waals surface area (Å²) < 4.78 is 0. The monoisotopic (exact) mass is 282 g/mol. The number of halogens is 1. The molecule has 1 heterocycles. The van der Waals surface area contributed by atoms with Gasteiger partial charge in [0.25, 0.3) is 5.91 Å². The van der Waals surface area contributed by atoms with Gasteiger partial charge < -0.3 is 15.7 Å². The van der Waals surface area contributed by atoms with E-state index in [2.05, 4.69) is 0 Å². The number of carbonyl (C=O) groups is 2. The highest BCUT2D eigenvalue weighted by Gasteiger charge is 2.41. The van der Waals surface area contributed by atoms with Gasteiger partial charge in [0.15, 0.2) is 0 Å². The number of amides is 2. The SMILES string of the molecule is CC1(C(N)=O)CCN(C(=O)c2ccc(Cl)cc2O)C1. The lowest BCUT2D eigenvalue weighted by molar-refractivity contribution is -0.126. The highest BCUT2D eigenvalue weighted by atomic mass is 35.5. The number of benzene rings is 1. The molecule has 0 spiro atoms. The van der Waals surface area contributed by atoms with Crippen molar-refractivity contribution in [3.05, 3.63) is 28.8 Å². The molecular weight excluding hydrogens is 268 g/mol. The van der Waals surface area contributed by atoms with E-state index in [1.165, 1.54) is 23.1 Å². The van der Waals surface area contributed by atoms with Gasteiger partial charge in [-0.2, -0.15) is 0 Å². The Hall–Kier alpha value is -1.75. The first-order valence-corrected chi connectivity index (χ1v) is 6.29. The van der Waals surface area contributed by atoms with Crippen molar-refractivity contribution >= 4 is 23.4 Å². The van der Waals surface area contributed by atoms with Gasteiger partial charge in [-0.15, -0.1) is 0 Å². The zero-order valence-corrected chi connectivity index (χ0v) is 11.3. The van der Waals surface area contributed by atoms with Gasteiger partial charge in [-0.25, -0.2) is 0 Å². The predicted molar refractivity (Wildman–Crippen MR) is 70.9 cm³/mol. The molecule has 1 aromatic carbocycles. The molecule has 0 bridgehead atoms. The lowest BCUT2D eigenvalue weighted by Gasteiger charge is -2.21. The average molecular weight is 283 g/mol. The van der Waals surface area contributed by atoms with E-state index in [0.29, 0.717) is 18.0 Å². The summed E-state index contributed by atoms with van der Waals surface area (Å²) in [6.07, 6.45) is 0.530. The summed E-state index contributed by atoms with van der Waals surface area (Å²) in [6.45, 7) is 2.45. The number of phenolic OH excluding ortho intramolecular Hbond substituents is 1. The van der Waals surface area contributed by atoms with Crippen molar-refractivity contribution < 1.29 is 14.7 Å². The van der Waals surface area contributed by atoms with E-state index < -0.39 is 11.3 Å². The molecule has 1 saturated heterocycles. The van der Waals surface area contributed by atoms with Gasteiger partial charge in [0.2, 0.25) is 5.91 Å². The third kappa shape index (κ3) is 2.51. The fourth-order valence-electron chi connectivity index (χ4n) is 2.19. The van der Waals surface area contributed by atoms with Crippen LogP contribution >= 0.6 is 11.6 Å². The summed E-state index contributed by atoms with van der Waals surface area (Å²) in [7, 11) is 0. The van der Waals surface area contributed by atoms with Crippen LogP contribution in [0.1, 0.15) is 23.7 Å². The molecule has 0 radical (unpaired) electrons. The van der Waals surface area contributed by atoms with Crippen molar-refractivity contribution in [2.75, 3.05) is 13.1 Å². The van der Waals surface area contributed by atoms with Gasteiger partial charge in [-0.3, -0.25) is 9.59 Å². The van der Waals surface area contributed by atoms with Crippen LogP contribution in [0.3, 0.4) is 0 Å². The van der Waals surface area contributed by atoms with E-state index in [4.69, 9.17) is 17.3 Å². The molecule has 0 aliphatic carbocycles. The van der Waals surface area contributed by atoms with E-state index in [9.17, 15) is 14.7 Å². The Morgan fingerprint density at radius 1 is 1.47 bits per heavy atom. The normalized spacial score (nSPS) is 22.5. The molecule has 102 valence electrons. The minimum Gasteiger partial charge on any atom is -0.507 e. The second-order valence-corrected chi connectivity index (χ2v) is 5.50. The van der Waals surface area contributed by atoms with E-state index >= 15 is 0 Å². The van der Waals surface area contributed by atoms with E-state index in [0.717, 1.165) is 0 Å². The van der Waals surface area contributed by atoms with Gasteiger partial charge >= 0.3 is 0 Å². The van der Waals surface area contributed by atoms with Crippen molar-refractivity contribution in [3.8, 4) is 5.75 Å². The number of primary amides is 1. The number of aromatic hydroxyl groups is 1. The molecule has 3 N–H and O–H groups in total. The van der Waals surface area contributed by atoms with E-state index in [1.54, 1.807) is 6.92 Å². The zero-order chi connectivity index (χ0) is 14.2. The lowest BCUT2D eigenvalue weighted by atomic mass is 9.89. The maximum atomic E-state index is 12.3. The molecule has 19 heavy (non-hydrogen) atoms. The molecular formula is C13H15ClN2O3. The van der Waals surface area contributed by atoms with Gasteiger partial charge in [0, 0.05) is 18.1 Å². The van der Waals surface area contributed by atoms with Crippen LogP contribution in [0.25, 0.3) is 0 Å². The maximum Gasteiger partial charge on any atom is 0.257 e. The van der Waals surface area contributed by atoms with Crippen LogP contribution in [0.15, 0.2) is 18.2 Å². The molecule has 6 heteroatoms. The molecule has 0 saturated carbocycles. The Kier molecular flexibility index (Phi) is 3.41. The van der Waals surface area contributed by atoms with Crippen LogP contribution in [-0.4, -0.2) is 34.9 Å². The molecule has 1 aliphatic rings. The zero-order valence-electron chi connectivity index (χ0n) is 10.5. The highest BCUT2D eigenvalue weighted by molar-refractivity contribution is 6.30. The number of rotatable bonds is 2. The quantitative estimate of drug-likeness (QED) is 0.859. The van der Waals surface area contributed by atoms with Crippen LogP contribution in [0.2, 0.25) is 5.02 Å². The van der Waals surface area contributed by atoms with Crippen LogP contribution in [-0.2, 0) is 4.79 Å². The number of hydrogen-bond acceptors (Lipinski definition) is 3. The van der Waals surface area contributed by atoms with Crippen LogP contribution in [0.5, 0.6) is 5.75 Å². The van der Waals surface area contributed by atoms with Gasteiger partial charge in [-0.1, -0.05) is 11.6 Å². The molecule has 2 rings (SSSR count). The van der Waals surface area contributed by atoms with Crippen molar-refractivity contribution in [2.45, 2.75) is 13.3 Å². The number of nitrogens with zero attached hydrogens (tertiary/aromatic N) is 1. The molecule has 5 nitrogen and oxygen atoms in total. The molecule has 1 unspecified atom stereocenters. The fourth-order valence-corrected chi connectivity index (χ4v) is 2.36. The van der Waals surface area contributed by atoms with Crippen molar-refractivity contribution in [3.63, 3.8) is 0 Å². The molecule has 1 aliphatic heterocycles. The number of hydrogen-bond donors (Lipinski definition) is 2. The fraction of sp³-hybridized carbons (Fsp3) is 0.385. The Balaban J connectivity index is 2.20. The molecule has 2 amide bonds. The Labute approximate surface area is 116 Å². The topological polar surface area (TPSA) is 83.6 Å². The number of phenols is 1. The highest BCUT2D eigenvalue weighted by Crippen LogP contribution is 2.32. The van der Waals surface area contributed by atoms with E-state index in [-0.39, 0.29) is 23.8 Å². The predicted octanol–water partition coefficient (Wildman–Crippen LogP) is 1.38. The average Bonchev–Trinajstić information content (AvgIpc) is 2.73. The smallest absolute Gasteiger partial charge is 0.257 e. The third-order valence-electron chi connectivity index (χ3n) is 3.55. The number of carbonyl (C=O) groups excluding carboxylic acids is 2. The minimum absolute atomic E-state index is 0.162. The van der Waals surface area contributed by atoms with Crippen molar-refractivity contribution in [2.24, 2.45) is 11.1 Å². The van der Waals surface area contributed by atoms with Gasteiger partial charge in [0.1, 0.15) is 5.75 Å². The van der Waals surface area contributed by atoms with Crippen molar-refractivity contribution in [1.29, 1.82) is 0 Å². The third-order valence-corrected chi connectivity index (χ3v) is 3.78. The minimum atomic E-state index is -0.697. The summed E-state index contributed by atoms with van der Waals surface area (Å²) in [5, 5.41) is 10.1. The summed E-state index contributed by atoms with van der Waals surface area (Å²) in [5.41, 5.74) is 4.82. The second kappa shape index (κ2) is 4.74. The summed E-state index contributed by atoms with van der Waals surface area (Å²) in [6, 6.07) is 4.33. The second-order valence-electron chi connectivity index (χ2n) is 5.06. The Morgan fingerprint density at radius 3 is 2.68 bits per heavy atom. The largest absolute Gasteiger partial charge is 0.507 e. The molecule has 0 aromatic heterocycles. The number of likely N-dealkylation sites (tertiary alicyclic amines) is 1. The molecule has 1 aromatic rings. The Bertz CT molecular complexity index is 547. The van der Waals surface area contributed by atoms with Crippen LogP contribution < -0.4 is 5.73 Å². The van der Waals surface area contributed by atoms with E-state index in [1.807, 2.05) is 0 Å². The summed E-state index contributed by atoms with van der Waals surface area (Å²) in [5.74, 6) is -0.896. The molecule has 1 fully saturated rings. The van der Waals surface area contributed by atoms with Crippen molar-refractivity contribution in [1.82, 2.24) is 4.90 Å². The first-order chi connectivity index (χ1) is 8.83. The van der Waals surface area contributed by atoms with Gasteiger partial charge in [0.05, 0.1) is 11.0 Å². The Morgan fingerprint density at radius 2 is 2.16 bits per heavy atom. The summed E-state index contributed by atoms with van der Waals surface area (Å²) in [4.78, 5) is 25.1. The standard InChI is InChI=1S/C13H15ClN2O3/c1-13(12(15)19)4-5-16(7-13)11(18)9-3-2-8(14)6-10(9)17/h2-3,6,17H,4-5,7H2,1H3,(H2,15,19). The molecule has 1 atom stereocenters. The van der Waals surface area contributed by atoms with Gasteiger partial charge in [-0.05, 0) is 31.5 Å². The number of nitrogens with two attached hydrogens (primary N) is 1. The first-order valence-electron chi connectivity index (χ1n) is 5.91. The summed E-state index contributed by atoms with van der Waals surface area (Å²) >= 11 is 5.72.